The third kappa shape index (κ3) is 4.42. The molecule has 156 valence electrons. The third-order valence-corrected chi connectivity index (χ3v) is 5.54. The largest absolute Gasteiger partial charge is 0.497 e. The molecule has 2 aliphatic rings. The van der Waals surface area contributed by atoms with E-state index in [4.69, 9.17) is 19.2 Å². The van der Waals surface area contributed by atoms with Crippen LogP contribution < -0.4 is 4.74 Å². The molecule has 0 saturated carbocycles. The quantitative estimate of drug-likeness (QED) is 0.539. The number of hydrogen-bond acceptors (Lipinski definition) is 6. The summed E-state index contributed by atoms with van der Waals surface area (Å²) in [5.74, 6) is -0.741. The predicted molar refractivity (Wildman–Crippen MR) is 110 cm³/mol. The minimum Gasteiger partial charge on any atom is -0.497 e. The number of rotatable bonds is 6. The van der Waals surface area contributed by atoms with Crippen LogP contribution in [0.15, 0.2) is 40.5 Å². The molecule has 1 heterocycles. The Hall–Kier alpha value is -2.47. The first-order valence-corrected chi connectivity index (χ1v) is 9.88. The molecule has 0 aromatic heterocycles. The van der Waals surface area contributed by atoms with Gasteiger partial charge in [-0.25, -0.2) is 0 Å². The molecule has 3 rings (SSSR count). The van der Waals surface area contributed by atoms with Gasteiger partial charge < -0.3 is 14.2 Å². The second kappa shape index (κ2) is 8.49. The number of carbonyl (C=O) groups is 2. The maximum Gasteiger partial charge on any atom is 0.315 e. The van der Waals surface area contributed by atoms with Crippen LogP contribution in [-0.2, 0) is 19.1 Å². The third-order valence-electron chi connectivity index (χ3n) is 5.54. The van der Waals surface area contributed by atoms with Crippen LogP contribution in [-0.4, -0.2) is 44.9 Å². The Morgan fingerprint density at radius 1 is 1.21 bits per heavy atom. The number of ether oxygens (including phenoxy) is 3. The lowest BCUT2D eigenvalue weighted by Gasteiger charge is -2.39. The van der Waals surface area contributed by atoms with Gasteiger partial charge in [-0.15, -0.1) is 0 Å². The summed E-state index contributed by atoms with van der Waals surface area (Å²) >= 11 is 0. The van der Waals surface area contributed by atoms with Crippen LogP contribution in [0.3, 0.4) is 0 Å². The van der Waals surface area contributed by atoms with Crippen LogP contribution in [0.25, 0.3) is 0 Å². The number of carbonyl (C=O) groups excluding carboxylic acids is 2. The number of nitrogens with zero attached hydrogens (tertiary/aromatic N) is 1. The van der Waals surface area contributed by atoms with Gasteiger partial charge in [0.15, 0.2) is 5.78 Å². The van der Waals surface area contributed by atoms with E-state index in [9.17, 15) is 9.59 Å². The van der Waals surface area contributed by atoms with Crippen LogP contribution in [0.4, 0.5) is 0 Å². The molecule has 2 atom stereocenters. The average molecular weight is 399 g/mol. The van der Waals surface area contributed by atoms with Crippen molar-refractivity contribution >= 4 is 17.5 Å². The summed E-state index contributed by atoms with van der Waals surface area (Å²) in [7, 11) is 3.15. The number of benzene rings is 1. The van der Waals surface area contributed by atoms with Crippen molar-refractivity contribution in [2.24, 2.45) is 16.3 Å². The van der Waals surface area contributed by atoms with Crippen LogP contribution in [0.5, 0.6) is 5.75 Å². The summed E-state index contributed by atoms with van der Waals surface area (Å²) in [4.78, 5) is 30.9. The van der Waals surface area contributed by atoms with Gasteiger partial charge in [-0.3, -0.25) is 14.6 Å². The Labute approximate surface area is 171 Å². The normalized spacial score (nSPS) is 23.3. The minimum absolute atomic E-state index is 0.0509. The number of allylic oxidation sites excluding steroid dienone is 2. The molecule has 1 aliphatic carbocycles. The second-order valence-electron chi connectivity index (χ2n) is 8.45. The average Bonchev–Trinajstić information content (AvgIpc) is 2.66. The van der Waals surface area contributed by atoms with Gasteiger partial charge in [0.25, 0.3) is 0 Å². The van der Waals surface area contributed by atoms with E-state index in [1.807, 2.05) is 31.2 Å². The van der Waals surface area contributed by atoms with E-state index in [0.29, 0.717) is 36.5 Å². The van der Waals surface area contributed by atoms with E-state index in [1.54, 1.807) is 14.2 Å². The highest BCUT2D eigenvalue weighted by atomic mass is 16.6. The summed E-state index contributed by atoms with van der Waals surface area (Å²) in [6, 6.07) is 7.54. The smallest absolute Gasteiger partial charge is 0.315 e. The predicted octanol–water partition coefficient (Wildman–Crippen LogP) is 3.70. The Morgan fingerprint density at radius 3 is 2.66 bits per heavy atom. The number of Topliss-reactive ketones (excluding diaryl/α,β-unsaturated/α-hetero) is 1. The lowest BCUT2D eigenvalue weighted by atomic mass is 9.67. The molecule has 0 amide bonds. The molecule has 1 unspecified atom stereocenters. The first-order valence-electron chi connectivity index (χ1n) is 9.88. The van der Waals surface area contributed by atoms with Crippen molar-refractivity contribution in [1.29, 1.82) is 0 Å². The lowest BCUT2D eigenvalue weighted by Crippen LogP contribution is -2.39. The molecule has 29 heavy (non-hydrogen) atoms. The first-order chi connectivity index (χ1) is 13.8. The zero-order valence-electron chi connectivity index (χ0n) is 17.8. The zero-order chi connectivity index (χ0) is 21.2. The van der Waals surface area contributed by atoms with Crippen molar-refractivity contribution < 1.29 is 23.8 Å². The standard InChI is InChI=1S/C23H29NO5/c1-14-19(22(26)29-10-9-27-4)20(15-7-6-8-16(11-15)28-5)21-17(24-14)12-23(2,3)13-18(21)25/h6-8,11,19-20H,9-10,12-13H2,1-5H3/t19?,20-/m1/s1. The zero-order valence-corrected chi connectivity index (χ0v) is 17.8. The molecule has 1 aromatic rings. The van der Waals surface area contributed by atoms with Gasteiger partial charge in [-0.05, 0) is 36.5 Å². The number of methoxy groups -OCH3 is 2. The topological polar surface area (TPSA) is 74.2 Å². The fourth-order valence-electron chi connectivity index (χ4n) is 4.26. The van der Waals surface area contributed by atoms with Crippen LogP contribution in [0.2, 0.25) is 0 Å². The Kier molecular flexibility index (Phi) is 6.22. The molecule has 0 radical (unpaired) electrons. The fourth-order valence-corrected chi connectivity index (χ4v) is 4.26. The Bertz CT molecular complexity index is 868. The minimum atomic E-state index is -0.650. The van der Waals surface area contributed by atoms with Gasteiger partial charge >= 0.3 is 5.97 Å². The molecule has 0 N–H and O–H groups in total. The molecule has 6 heteroatoms. The maximum atomic E-state index is 13.2. The Morgan fingerprint density at radius 2 is 1.97 bits per heavy atom. The van der Waals surface area contributed by atoms with Crippen molar-refractivity contribution in [3.8, 4) is 5.75 Å². The molecule has 0 bridgehead atoms. The Balaban J connectivity index is 2.09. The molecule has 0 fully saturated rings. The highest BCUT2D eigenvalue weighted by molar-refractivity contribution is 6.09. The van der Waals surface area contributed by atoms with Gasteiger partial charge in [0, 0.05) is 36.4 Å². The summed E-state index contributed by atoms with van der Waals surface area (Å²) in [6.07, 6.45) is 1.14. The second-order valence-corrected chi connectivity index (χ2v) is 8.45. The maximum absolute atomic E-state index is 13.2. The SMILES string of the molecule is COCCOC(=O)C1C(C)=NC2=C(C(=O)CC(C)(C)C2)[C@@H]1c1cccc(OC)c1. The number of aliphatic imine (C=N–C) groups is 1. The van der Waals surface area contributed by atoms with E-state index >= 15 is 0 Å². The summed E-state index contributed by atoms with van der Waals surface area (Å²) in [5.41, 5.74) is 2.80. The summed E-state index contributed by atoms with van der Waals surface area (Å²) in [5, 5.41) is 0. The van der Waals surface area contributed by atoms with E-state index in [2.05, 4.69) is 13.8 Å². The van der Waals surface area contributed by atoms with Crippen molar-refractivity contribution in [3.05, 3.63) is 41.1 Å². The van der Waals surface area contributed by atoms with Crippen LogP contribution in [0.1, 0.15) is 45.1 Å². The highest BCUT2D eigenvalue weighted by Gasteiger charge is 2.46. The summed E-state index contributed by atoms with van der Waals surface area (Å²) < 4.78 is 15.8. The molecule has 0 spiro atoms. The van der Waals surface area contributed by atoms with Crippen molar-refractivity contribution in [3.63, 3.8) is 0 Å². The van der Waals surface area contributed by atoms with Crippen LogP contribution >= 0.6 is 0 Å². The van der Waals surface area contributed by atoms with Gasteiger partial charge in [0.2, 0.25) is 0 Å². The van der Waals surface area contributed by atoms with Gasteiger partial charge in [-0.2, -0.15) is 0 Å². The number of hydrogen-bond donors (Lipinski definition) is 0. The lowest BCUT2D eigenvalue weighted by molar-refractivity contribution is -0.147. The van der Waals surface area contributed by atoms with Gasteiger partial charge in [0.1, 0.15) is 18.3 Å². The van der Waals surface area contributed by atoms with E-state index in [0.717, 1.165) is 11.3 Å². The highest BCUT2D eigenvalue weighted by Crippen LogP contribution is 2.48. The molecule has 1 aromatic carbocycles. The van der Waals surface area contributed by atoms with Crippen molar-refractivity contribution in [2.75, 3.05) is 27.4 Å². The molecular weight excluding hydrogens is 370 g/mol. The van der Waals surface area contributed by atoms with Gasteiger partial charge in [-0.1, -0.05) is 26.0 Å². The van der Waals surface area contributed by atoms with E-state index in [1.165, 1.54) is 0 Å². The fraction of sp³-hybridized carbons (Fsp3) is 0.522. The molecular formula is C23H29NO5. The van der Waals surface area contributed by atoms with E-state index < -0.39 is 11.8 Å². The molecule has 6 nitrogen and oxygen atoms in total. The number of ketones is 1. The van der Waals surface area contributed by atoms with Gasteiger partial charge in [0.05, 0.1) is 13.7 Å². The first kappa shape index (κ1) is 21.2. The number of esters is 1. The summed E-state index contributed by atoms with van der Waals surface area (Å²) in [6.45, 7) is 6.47. The van der Waals surface area contributed by atoms with Crippen molar-refractivity contribution in [2.45, 2.75) is 39.5 Å². The van der Waals surface area contributed by atoms with Crippen LogP contribution in [0, 0.1) is 11.3 Å². The molecule has 0 saturated heterocycles. The van der Waals surface area contributed by atoms with Crippen molar-refractivity contribution in [1.82, 2.24) is 0 Å². The van der Waals surface area contributed by atoms with E-state index in [-0.39, 0.29) is 23.8 Å². The molecule has 1 aliphatic heterocycles. The monoisotopic (exact) mass is 399 g/mol.